The zero-order valence-corrected chi connectivity index (χ0v) is 24.2. The summed E-state index contributed by atoms with van der Waals surface area (Å²) in [5.74, 6) is -1.21. The van der Waals surface area contributed by atoms with Crippen molar-refractivity contribution in [3.8, 4) is 11.1 Å². The van der Waals surface area contributed by atoms with Gasteiger partial charge in [0.15, 0.2) is 0 Å². The van der Waals surface area contributed by atoms with Crippen LogP contribution >= 0.6 is 0 Å². The van der Waals surface area contributed by atoms with Crippen molar-refractivity contribution in [3.63, 3.8) is 0 Å². The van der Waals surface area contributed by atoms with E-state index in [0.29, 0.717) is 12.5 Å². The van der Waals surface area contributed by atoms with E-state index < -0.39 is 24.0 Å². The summed E-state index contributed by atoms with van der Waals surface area (Å²) in [7, 11) is 0. The monoisotopic (exact) mass is 569 g/mol. The standard InChI is InChI=1S/C34H39N3O5/c1-23-18-37(19-24-10-4-3-5-11-24)22-34(23,2)21-35-32(40)30(16-17-31(38)39)36-33(41)42-20-29-27-14-8-6-12-25(27)26-13-7-9-15-28(26)29/h3-15,23,29-30H,16-22H2,1-2H3,(H,35,40)(H,36,41)(H,38,39). The van der Waals surface area contributed by atoms with Gasteiger partial charge in [0.2, 0.25) is 5.91 Å². The van der Waals surface area contributed by atoms with Gasteiger partial charge in [-0.2, -0.15) is 0 Å². The molecule has 8 heteroatoms. The lowest BCUT2D eigenvalue weighted by Crippen LogP contribution is -2.50. The predicted octanol–water partition coefficient (Wildman–Crippen LogP) is 5.03. The van der Waals surface area contributed by atoms with Gasteiger partial charge in [0.1, 0.15) is 12.6 Å². The first-order valence-electron chi connectivity index (χ1n) is 14.6. The second-order valence-corrected chi connectivity index (χ2v) is 11.9. The maximum Gasteiger partial charge on any atom is 0.407 e. The van der Waals surface area contributed by atoms with Crippen molar-refractivity contribution in [1.29, 1.82) is 0 Å². The molecule has 2 aliphatic rings. The molecule has 3 unspecified atom stereocenters. The lowest BCUT2D eigenvalue weighted by Gasteiger charge is -2.30. The van der Waals surface area contributed by atoms with E-state index in [-0.39, 0.29) is 30.8 Å². The minimum atomic E-state index is -1.03. The van der Waals surface area contributed by atoms with Crippen LogP contribution in [0.4, 0.5) is 4.79 Å². The number of carbonyl (C=O) groups is 3. The number of fused-ring (bicyclic) bond motifs is 3. The first kappa shape index (κ1) is 29.3. The number of carboxylic acid groups (broad SMARTS) is 1. The Labute approximate surface area is 247 Å². The van der Waals surface area contributed by atoms with Crippen LogP contribution in [0.25, 0.3) is 11.1 Å². The van der Waals surface area contributed by atoms with E-state index in [0.717, 1.165) is 41.9 Å². The fraction of sp³-hybridized carbons (Fsp3) is 0.382. The molecule has 3 N–H and O–H groups in total. The van der Waals surface area contributed by atoms with Gasteiger partial charge < -0.3 is 20.5 Å². The number of hydrogen-bond acceptors (Lipinski definition) is 5. The Balaban J connectivity index is 1.18. The molecule has 1 saturated heterocycles. The highest BCUT2D eigenvalue weighted by Crippen LogP contribution is 2.44. The summed E-state index contributed by atoms with van der Waals surface area (Å²) in [5, 5.41) is 14.9. The van der Waals surface area contributed by atoms with Crippen LogP contribution < -0.4 is 10.6 Å². The van der Waals surface area contributed by atoms with Crippen molar-refractivity contribution in [1.82, 2.24) is 15.5 Å². The topological polar surface area (TPSA) is 108 Å². The number of rotatable bonds is 11. The molecule has 42 heavy (non-hydrogen) atoms. The number of carboxylic acids is 1. The molecule has 0 radical (unpaired) electrons. The normalized spacial score (nSPS) is 20.4. The first-order chi connectivity index (χ1) is 20.2. The number of alkyl carbamates (subject to hydrolysis) is 1. The summed E-state index contributed by atoms with van der Waals surface area (Å²) in [6, 6.07) is 25.4. The molecule has 3 aromatic carbocycles. The number of nitrogens with zero attached hydrogens (tertiary/aromatic N) is 1. The van der Waals surface area contributed by atoms with Gasteiger partial charge in [0, 0.05) is 43.9 Å². The number of ether oxygens (including phenoxy) is 1. The molecule has 220 valence electrons. The Morgan fingerprint density at radius 3 is 2.24 bits per heavy atom. The van der Waals surface area contributed by atoms with Gasteiger partial charge in [-0.25, -0.2) is 4.79 Å². The summed E-state index contributed by atoms with van der Waals surface area (Å²) >= 11 is 0. The molecule has 0 aromatic heterocycles. The number of benzene rings is 3. The molecule has 3 atom stereocenters. The number of hydrogen-bond donors (Lipinski definition) is 3. The minimum Gasteiger partial charge on any atom is -0.481 e. The molecule has 0 saturated carbocycles. The summed E-state index contributed by atoms with van der Waals surface area (Å²) in [6.45, 7) is 7.47. The van der Waals surface area contributed by atoms with Crippen LogP contribution in [0.5, 0.6) is 0 Å². The van der Waals surface area contributed by atoms with Crippen LogP contribution in [0.3, 0.4) is 0 Å². The average Bonchev–Trinajstić information content (AvgIpc) is 3.46. The summed E-state index contributed by atoms with van der Waals surface area (Å²) < 4.78 is 5.63. The summed E-state index contributed by atoms with van der Waals surface area (Å²) in [5.41, 5.74) is 5.51. The van der Waals surface area contributed by atoms with E-state index in [4.69, 9.17) is 4.74 Å². The van der Waals surface area contributed by atoms with Gasteiger partial charge in [0.25, 0.3) is 0 Å². The first-order valence-corrected chi connectivity index (χ1v) is 14.6. The Bertz CT molecular complexity index is 1380. The fourth-order valence-electron chi connectivity index (χ4n) is 6.26. The number of carbonyl (C=O) groups excluding carboxylic acids is 2. The van der Waals surface area contributed by atoms with Crippen LogP contribution in [0, 0.1) is 11.3 Å². The van der Waals surface area contributed by atoms with E-state index in [1.54, 1.807) is 0 Å². The number of likely N-dealkylation sites (tertiary alicyclic amines) is 1. The van der Waals surface area contributed by atoms with Crippen molar-refractivity contribution in [2.24, 2.45) is 11.3 Å². The highest BCUT2D eigenvalue weighted by molar-refractivity contribution is 5.86. The van der Waals surface area contributed by atoms with Gasteiger partial charge in [-0.15, -0.1) is 0 Å². The van der Waals surface area contributed by atoms with Gasteiger partial charge in [0.05, 0.1) is 0 Å². The molecule has 8 nitrogen and oxygen atoms in total. The molecule has 1 fully saturated rings. The molecular weight excluding hydrogens is 530 g/mol. The molecule has 0 spiro atoms. The van der Waals surface area contributed by atoms with Crippen molar-refractivity contribution >= 4 is 18.0 Å². The lowest BCUT2D eigenvalue weighted by molar-refractivity contribution is -0.137. The van der Waals surface area contributed by atoms with Crippen LogP contribution in [0.2, 0.25) is 0 Å². The van der Waals surface area contributed by atoms with Crippen molar-refractivity contribution < 1.29 is 24.2 Å². The van der Waals surface area contributed by atoms with Crippen LogP contribution in [0.15, 0.2) is 78.9 Å². The van der Waals surface area contributed by atoms with Crippen LogP contribution in [0.1, 0.15) is 49.3 Å². The predicted molar refractivity (Wildman–Crippen MR) is 161 cm³/mol. The number of amides is 2. The second kappa shape index (κ2) is 12.8. The van der Waals surface area contributed by atoms with E-state index in [9.17, 15) is 19.5 Å². The highest BCUT2D eigenvalue weighted by atomic mass is 16.5. The van der Waals surface area contributed by atoms with Gasteiger partial charge in [-0.05, 0) is 40.2 Å². The smallest absolute Gasteiger partial charge is 0.407 e. The van der Waals surface area contributed by atoms with Crippen LogP contribution in [-0.2, 0) is 20.9 Å². The SMILES string of the molecule is CC1CN(Cc2ccccc2)CC1(C)CNC(=O)C(CCC(=O)O)NC(=O)OCC1c2ccccc2-c2ccccc21. The molecular formula is C34H39N3O5. The molecule has 3 aromatic rings. The summed E-state index contributed by atoms with van der Waals surface area (Å²) in [4.78, 5) is 39.9. The number of nitrogens with one attached hydrogen (secondary N) is 2. The Morgan fingerprint density at radius 1 is 0.976 bits per heavy atom. The lowest BCUT2D eigenvalue weighted by atomic mass is 9.81. The van der Waals surface area contributed by atoms with E-state index >= 15 is 0 Å². The third kappa shape index (κ3) is 6.65. The van der Waals surface area contributed by atoms with E-state index in [1.165, 1.54) is 5.56 Å². The maximum absolute atomic E-state index is 13.3. The van der Waals surface area contributed by atoms with Crippen LogP contribution in [-0.4, -0.2) is 60.3 Å². The Kier molecular flexibility index (Phi) is 8.92. The zero-order valence-electron chi connectivity index (χ0n) is 24.2. The Morgan fingerprint density at radius 2 is 1.60 bits per heavy atom. The quantitative estimate of drug-likeness (QED) is 0.299. The average molecular weight is 570 g/mol. The van der Waals surface area contributed by atoms with Crippen molar-refractivity contribution in [3.05, 3.63) is 95.6 Å². The molecule has 2 amide bonds. The third-order valence-corrected chi connectivity index (χ3v) is 8.82. The minimum absolute atomic E-state index is 0.0300. The van der Waals surface area contributed by atoms with E-state index in [2.05, 4.69) is 53.6 Å². The largest absolute Gasteiger partial charge is 0.481 e. The second-order valence-electron chi connectivity index (χ2n) is 11.9. The fourth-order valence-corrected chi connectivity index (χ4v) is 6.26. The number of aliphatic carboxylic acids is 1. The highest BCUT2D eigenvalue weighted by Gasteiger charge is 2.41. The third-order valence-electron chi connectivity index (χ3n) is 8.82. The molecule has 0 bridgehead atoms. The van der Waals surface area contributed by atoms with Gasteiger partial charge >= 0.3 is 12.1 Å². The Hall–Kier alpha value is -4.17. The van der Waals surface area contributed by atoms with Gasteiger partial charge in [-0.1, -0.05) is 92.7 Å². The van der Waals surface area contributed by atoms with Gasteiger partial charge in [-0.3, -0.25) is 14.5 Å². The van der Waals surface area contributed by atoms with Crippen molar-refractivity contribution in [2.45, 2.75) is 45.2 Å². The summed E-state index contributed by atoms with van der Waals surface area (Å²) in [6.07, 6.45) is -1.02. The van der Waals surface area contributed by atoms with Crippen molar-refractivity contribution in [2.75, 3.05) is 26.2 Å². The van der Waals surface area contributed by atoms with E-state index in [1.807, 2.05) is 54.6 Å². The zero-order chi connectivity index (χ0) is 29.7. The maximum atomic E-state index is 13.3. The molecule has 5 rings (SSSR count). The molecule has 1 aliphatic carbocycles. The molecule has 1 heterocycles. The molecule has 1 aliphatic heterocycles.